The van der Waals surface area contributed by atoms with Gasteiger partial charge in [-0.3, -0.25) is 10.1 Å². The Morgan fingerprint density at radius 3 is 2.85 bits per heavy atom. The maximum atomic E-state index is 13.5. The van der Waals surface area contributed by atoms with E-state index < -0.39 is 0 Å². The van der Waals surface area contributed by atoms with Gasteiger partial charge in [-0.05, 0) is 24.5 Å². The number of hydrogen-bond donors (Lipinski definition) is 1. The van der Waals surface area contributed by atoms with Crippen molar-refractivity contribution in [2.24, 2.45) is 13.0 Å². The zero-order valence-corrected chi connectivity index (χ0v) is 11.5. The molecule has 1 atom stereocenters. The molecule has 2 rings (SSSR count). The third kappa shape index (κ3) is 3.40. The van der Waals surface area contributed by atoms with Crippen LogP contribution in [0.1, 0.15) is 18.9 Å². The SMILES string of the molecule is C[C@@H](CCc1ccccc1F)C(=O)Nc1nncn1C. The zero-order valence-electron chi connectivity index (χ0n) is 11.5. The van der Waals surface area contributed by atoms with Crippen LogP contribution in [0.2, 0.25) is 0 Å². The minimum absolute atomic E-state index is 0.141. The number of anilines is 1. The lowest BCUT2D eigenvalue weighted by Gasteiger charge is -2.11. The Labute approximate surface area is 116 Å². The molecule has 0 bridgehead atoms. The molecule has 0 spiro atoms. The van der Waals surface area contributed by atoms with E-state index in [0.29, 0.717) is 24.4 Å². The van der Waals surface area contributed by atoms with Crippen molar-refractivity contribution >= 4 is 11.9 Å². The van der Waals surface area contributed by atoms with Gasteiger partial charge in [-0.1, -0.05) is 25.1 Å². The number of rotatable bonds is 5. The lowest BCUT2D eigenvalue weighted by Crippen LogP contribution is -2.22. The van der Waals surface area contributed by atoms with Crippen LogP contribution in [0.4, 0.5) is 10.3 Å². The minimum atomic E-state index is -0.230. The van der Waals surface area contributed by atoms with Crippen molar-refractivity contribution in [3.8, 4) is 0 Å². The van der Waals surface area contributed by atoms with Gasteiger partial charge < -0.3 is 4.57 Å². The smallest absolute Gasteiger partial charge is 0.230 e. The van der Waals surface area contributed by atoms with E-state index in [-0.39, 0.29) is 17.6 Å². The number of carbonyl (C=O) groups is 1. The highest BCUT2D eigenvalue weighted by atomic mass is 19.1. The summed E-state index contributed by atoms with van der Waals surface area (Å²) < 4.78 is 15.1. The fourth-order valence-corrected chi connectivity index (χ4v) is 1.83. The summed E-state index contributed by atoms with van der Waals surface area (Å²) >= 11 is 0. The molecule has 0 fully saturated rings. The highest BCUT2D eigenvalue weighted by molar-refractivity contribution is 5.90. The summed E-state index contributed by atoms with van der Waals surface area (Å²) in [5, 5.41) is 10.2. The van der Waals surface area contributed by atoms with Gasteiger partial charge in [0.15, 0.2) is 0 Å². The summed E-state index contributed by atoms with van der Waals surface area (Å²) in [6, 6.07) is 6.62. The molecule has 0 unspecified atom stereocenters. The molecule has 0 aliphatic rings. The molecule has 1 aromatic heterocycles. The van der Waals surface area contributed by atoms with E-state index in [9.17, 15) is 9.18 Å². The van der Waals surface area contributed by atoms with Crippen LogP contribution in [0.25, 0.3) is 0 Å². The second kappa shape index (κ2) is 6.27. The molecule has 1 heterocycles. The predicted molar refractivity (Wildman–Crippen MR) is 73.5 cm³/mol. The number of hydrogen-bond acceptors (Lipinski definition) is 3. The maximum Gasteiger partial charge on any atom is 0.230 e. The lowest BCUT2D eigenvalue weighted by molar-refractivity contribution is -0.119. The Morgan fingerprint density at radius 2 is 2.20 bits per heavy atom. The number of halogens is 1. The van der Waals surface area contributed by atoms with Gasteiger partial charge >= 0.3 is 0 Å². The Bertz CT molecular complexity index is 596. The topological polar surface area (TPSA) is 59.8 Å². The van der Waals surface area contributed by atoms with Crippen molar-refractivity contribution < 1.29 is 9.18 Å². The summed E-state index contributed by atoms with van der Waals surface area (Å²) in [7, 11) is 1.75. The number of nitrogens with zero attached hydrogens (tertiary/aromatic N) is 3. The van der Waals surface area contributed by atoms with Crippen molar-refractivity contribution in [1.82, 2.24) is 14.8 Å². The largest absolute Gasteiger partial charge is 0.303 e. The van der Waals surface area contributed by atoms with E-state index in [1.165, 1.54) is 12.4 Å². The third-order valence-corrected chi connectivity index (χ3v) is 3.20. The third-order valence-electron chi connectivity index (χ3n) is 3.20. The van der Waals surface area contributed by atoms with Crippen LogP contribution in [0.15, 0.2) is 30.6 Å². The fourth-order valence-electron chi connectivity index (χ4n) is 1.83. The van der Waals surface area contributed by atoms with Crippen molar-refractivity contribution in [1.29, 1.82) is 0 Å². The first-order valence-electron chi connectivity index (χ1n) is 6.46. The lowest BCUT2D eigenvalue weighted by atomic mass is 10.00. The second-order valence-corrected chi connectivity index (χ2v) is 4.79. The van der Waals surface area contributed by atoms with Crippen molar-refractivity contribution in [3.63, 3.8) is 0 Å². The molecular formula is C14H17FN4O. The summed E-state index contributed by atoms with van der Waals surface area (Å²) in [6.45, 7) is 1.81. The molecule has 0 radical (unpaired) electrons. The van der Waals surface area contributed by atoms with E-state index in [4.69, 9.17) is 0 Å². The van der Waals surface area contributed by atoms with Crippen LogP contribution < -0.4 is 5.32 Å². The van der Waals surface area contributed by atoms with E-state index >= 15 is 0 Å². The Kier molecular flexibility index (Phi) is 4.45. The number of aryl methyl sites for hydroxylation is 2. The van der Waals surface area contributed by atoms with Gasteiger partial charge in [0.1, 0.15) is 12.1 Å². The minimum Gasteiger partial charge on any atom is -0.303 e. The van der Waals surface area contributed by atoms with Crippen LogP contribution in [0.5, 0.6) is 0 Å². The van der Waals surface area contributed by atoms with Crippen LogP contribution >= 0.6 is 0 Å². The molecule has 1 aromatic carbocycles. The quantitative estimate of drug-likeness (QED) is 0.910. The van der Waals surface area contributed by atoms with Crippen LogP contribution in [-0.4, -0.2) is 20.7 Å². The van der Waals surface area contributed by atoms with E-state index in [1.54, 1.807) is 29.8 Å². The molecule has 2 aromatic rings. The number of nitrogens with one attached hydrogen (secondary N) is 1. The van der Waals surface area contributed by atoms with E-state index in [2.05, 4.69) is 15.5 Å². The molecule has 0 aliphatic heterocycles. The summed E-state index contributed by atoms with van der Waals surface area (Å²) in [5.74, 6) is -0.190. The molecule has 0 saturated heterocycles. The first-order chi connectivity index (χ1) is 9.58. The van der Waals surface area contributed by atoms with Gasteiger partial charge in [-0.15, -0.1) is 10.2 Å². The Morgan fingerprint density at radius 1 is 1.45 bits per heavy atom. The number of amides is 1. The standard InChI is InChI=1S/C14H17FN4O/c1-10(7-8-11-5-3-4-6-12(11)15)13(20)17-14-18-16-9-19(14)2/h3-6,9-10H,7-8H2,1-2H3,(H,17,18,20)/t10-/m0/s1. The van der Waals surface area contributed by atoms with Crippen molar-refractivity contribution in [2.75, 3.05) is 5.32 Å². The normalized spacial score (nSPS) is 12.2. The predicted octanol–water partition coefficient (Wildman–Crippen LogP) is 2.16. The molecule has 6 heteroatoms. The molecule has 1 N–H and O–H groups in total. The van der Waals surface area contributed by atoms with Gasteiger partial charge in [0.2, 0.25) is 11.9 Å². The zero-order chi connectivity index (χ0) is 14.5. The number of carbonyl (C=O) groups excluding carboxylic acids is 1. The maximum absolute atomic E-state index is 13.5. The summed E-state index contributed by atoms with van der Waals surface area (Å²) in [4.78, 5) is 12.0. The monoisotopic (exact) mass is 276 g/mol. The van der Waals surface area contributed by atoms with Gasteiger partial charge in [0.25, 0.3) is 0 Å². The number of aromatic nitrogens is 3. The Balaban J connectivity index is 1.89. The van der Waals surface area contributed by atoms with Gasteiger partial charge in [-0.25, -0.2) is 4.39 Å². The molecule has 20 heavy (non-hydrogen) atoms. The Hall–Kier alpha value is -2.24. The molecule has 5 nitrogen and oxygen atoms in total. The molecule has 106 valence electrons. The first-order valence-corrected chi connectivity index (χ1v) is 6.46. The van der Waals surface area contributed by atoms with Crippen LogP contribution in [-0.2, 0) is 18.3 Å². The molecule has 0 aliphatic carbocycles. The van der Waals surface area contributed by atoms with E-state index in [1.807, 2.05) is 6.92 Å². The molecule has 0 saturated carbocycles. The highest BCUT2D eigenvalue weighted by Gasteiger charge is 2.15. The molecule has 1 amide bonds. The average Bonchev–Trinajstić information content (AvgIpc) is 2.83. The molecular weight excluding hydrogens is 259 g/mol. The van der Waals surface area contributed by atoms with Gasteiger partial charge in [-0.2, -0.15) is 0 Å². The van der Waals surface area contributed by atoms with Crippen LogP contribution in [0, 0.1) is 11.7 Å². The van der Waals surface area contributed by atoms with Crippen molar-refractivity contribution in [3.05, 3.63) is 42.0 Å². The summed E-state index contributed by atoms with van der Waals surface area (Å²) in [6.07, 6.45) is 2.62. The van der Waals surface area contributed by atoms with Gasteiger partial charge in [0, 0.05) is 13.0 Å². The van der Waals surface area contributed by atoms with Gasteiger partial charge in [0.05, 0.1) is 0 Å². The van der Waals surface area contributed by atoms with Crippen LogP contribution in [0.3, 0.4) is 0 Å². The second-order valence-electron chi connectivity index (χ2n) is 4.79. The first kappa shape index (κ1) is 14.2. The van der Waals surface area contributed by atoms with Crippen molar-refractivity contribution in [2.45, 2.75) is 19.8 Å². The fraction of sp³-hybridized carbons (Fsp3) is 0.357. The summed E-state index contributed by atoms with van der Waals surface area (Å²) in [5.41, 5.74) is 0.630. The van der Waals surface area contributed by atoms with E-state index in [0.717, 1.165) is 0 Å². The average molecular weight is 276 g/mol. The number of benzene rings is 1. The highest BCUT2D eigenvalue weighted by Crippen LogP contribution is 2.14.